The molecule has 2 atom stereocenters. The van der Waals surface area contributed by atoms with Crippen molar-refractivity contribution >= 4 is 28.2 Å². The van der Waals surface area contributed by atoms with Crippen LogP contribution in [0.1, 0.15) is 49.2 Å². The summed E-state index contributed by atoms with van der Waals surface area (Å²) in [7, 11) is 3.09. The summed E-state index contributed by atoms with van der Waals surface area (Å²) < 4.78 is 62.1. The molecule has 1 aliphatic rings. The number of nitrogens with one attached hydrogen (secondary N) is 1. The summed E-state index contributed by atoms with van der Waals surface area (Å²) in [6, 6.07) is 4.00. The number of carbonyl (C=O) groups is 1. The zero-order valence-corrected chi connectivity index (χ0v) is 19.6. The fourth-order valence-electron chi connectivity index (χ4n) is 4.35. The molecule has 0 spiro atoms. The predicted octanol–water partition coefficient (Wildman–Crippen LogP) is 5.34. The maximum atomic E-state index is 14.9. The molecule has 1 aromatic heterocycles. The molecule has 1 unspecified atom stereocenters. The monoisotopic (exact) mass is 476 g/mol. The van der Waals surface area contributed by atoms with E-state index in [1.165, 1.54) is 18.9 Å². The zero-order chi connectivity index (χ0) is 25.2. The number of rotatable bonds is 5. The van der Waals surface area contributed by atoms with Gasteiger partial charge in [0.2, 0.25) is 0 Å². The van der Waals surface area contributed by atoms with Gasteiger partial charge in [-0.25, -0.2) is 17.6 Å². The van der Waals surface area contributed by atoms with E-state index < -0.39 is 34.8 Å². The molecule has 2 heterocycles. The van der Waals surface area contributed by atoms with Crippen LogP contribution in [0.5, 0.6) is 0 Å². The number of anilines is 2. The number of aromatic nitrogens is 2. The molecule has 10 heteroatoms. The lowest BCUT2D eigenvalue weighted by molar-refractivity contribution is -0.137. The molecule has 1 amide bonds. The number of methoxy groups -OCH3 is 1. The molecule has 0 bridgehead atoms. The zero-order valence-electron chi connectivity index (χ0n) is 19.6. The number of hydrogen-bond acceptors (Lipinski definition) is 5. The highest BCUT2D eigenvalue weighted by Crippen LogP contribution is 2.45. The van der Waals surface area contributed by atoms with Crippen molar-refractivity contribution in [2.75, 3.05) is 24.4 Å². The number of amides is 1. The van der Waals surface area contributed by atoms with Crippen LogP contribution in [-0.4, -0.2) is 30.3 Å². The minimum atomic E-state index is -3.55. The van der Waals surface area contributed by atoms with Gasteiger partial charge in [0, 0.05) is 43.0 Å². The average Bonchev–Trinajstić information content (AvgIpc) is 2.96. The number of halogens is 4. The first-order chi connectivity index (χ1) is 15.8. The van der Waals surface area contributed by atoms with Gasteiger partial charge in [-0.3, -0.25) is 4.79 Å². The quantitative estimate of drug-likeness (QED) is 0.504. The number of benzene rings is 2. The molecule has 1 N–H and O–H groups in total. The van der Waals surface area contributed by atoms with Crippen molar-refractivity contribution in [3.63, 3.8) is 0 Å². The van der Waals surface area contributed by atoms with Crippen molar-refractivity contribution < 1.29 is 27.1 Å². The number of likely N-dealkylation sites (N-methyl/N-ethyl adjacent to an activating group) is 1. The number of nitrogens with zero attached hydrogens (tertiary/aromatic N) is 3. The smallest absolute Gasteiger partial charge is 0.273 e. The third-order valence-electron chi connectivity index (χ3n) is 6.44. The SMILES string of the molecule is COC1(C)C(=O)N(C)c2cc3c(N[C@H](C)c4cc(F)cc(C(C)(F)F)c4F)nnc(C)c3cc21. The van der Waals surface area contributed by atoms with Crippen molar-refractivity contribution in [2.45, 2.75) is 45.3 Å². The van der Waals surface area contributed by atoms with Crippen molar-refractivity contribution in [1.29, 1.82) is 0 Å². The molecule has 3 aromatic rings. The van der Waals surface area contributed by atoms with Gasteiger partial charge >= 0.3 is 0 Å². The molecule has 0 radical (unpaired) electrons. The Labute approximate surface area is 193 Å². The Balaban J connectivity index is 1.83. The van der Waals surface area contributed by atoms with E-state index in [4.69, 9.17) is 4.74 Å². The second kappa shape index (κ2) is 7.90. The lowest BCUT2D eigenvalue weighted by Gasteiger charge is -2.22. The van der Waals surface area contributed by atoms with Crippen LogP contribution in [0.2, 0.25) is 0 Å². The van der Waals surface area contributed by atoms with E-state index in [1.807, 2.05) is 0 Å². The van der Waals surface area contributed by atoms with Crippen molar-refractivity contribution in [1.82, 2.24) is 10.2 Å². The Bertz CT molecular complexity index is 1320. The summed E-state index contributed by atoms with van der Waals surface area (Å²) in [5, 5.41) is 12.5. The van der Waals surface area contributed by atoms with Gasteiger partial charge in [-0.05, 0) is 45.0 Å². The number of ether oxygens (including phenoxy) is 1. The molecule has 4 rings (SSSR count). The molecule has 0 aliphatic carbocycles. The van der Waals surface area contributed by atoms with Gasteiger partial charge in [-0.15, -0.1) is 5.10 Å². The third kappa shape index (κ3) is 3.56. The summed E-state index contributed by atoms with van der Waals surface area (Å²) >= 11 is 0. The fraction of sp³-hybridized carbons (Fsp3) is 0.375. The van der Waals surface area contributed by atoms with Crippen LogP contribution in [0, 0.1) is 18.6 Å². The Morgan fingerprint density at radius 1 is 1.15 bits per heavy atom. The van der Waals surface area contributed by atoms with Crippen LogP contribution in [0.25, 0.3) is 10.8 Å². The maximum Gasteiger partial charge on any atom is 0.273 e. The Kier molecular flexibility index (Phi) is 5.55. The molecule has 2 aromatic carbocycles. The molecular weight excluding hydrogens is 452 g/mol. The Morgan fingerprint density at radius 3 is 2.44 bits per heavy atom. The van der Waals surface area contributed by atoms with Gasteiger partial charge in [-0.2, -0.15) is 5.10 Å². The molecule has 6 nitrogen and oxygen atoms in total. The second-order valence-corrected chi connectivity index (χ2v) is 8.76. The molecule has 180 valence electrons. The van der Waals surface area contributed by atoms with E-state index >= 15 is 0 Å². The lowest BCUT2D eigenvalue weighted by atomic mass is 9.94. The fourth-order valence-corrected chi connectivity index (χ4v) is 4.35. The Morgan fingerprint density at radius 2 is 1.82 bits per heavy atom. The minimum absolute atomic E-state index is 0.233. The van der Waals surface area contributed by atoms with Crippen LogP contribution >= 0.6 is 0 Å². The van der Waals surface area contributed by atoms with Crippen LogP contribution in [-0.2, 0) is 21.1 Å². The van der Waals surface area contributed by atoms with Gasteiger partial charge in [0.05, 0.1) is 23.0 Å². The van der Waals surface area contributed by atoms with Crippen LogP contribution in [0.15, 0.2) is 24.3 Å². The standard InChI is InChI=1S/C24H24F4N4O2/c1-11(15-7-13(25)8-18(20(15)26)24(4,27)28)29-21-16-10-19-17(9-14(16)12(2)30-31-21)23(3,34-6)22(33)32(19)5/h7-11H,1-6H3,(H,29,31)/t11-,23?/m1/s1. The number of hydrogen-bond donors (Lipinski definition) is 1. The topological polar surface area (TPSA) is 67.3 Å². The molecule has 0 saturated carbocycles. The molecule has 0 fully saturated rings. The first kappa shape index (κ1) is 23.9. The molecule has 0 saturated heterocycles. The van der Waals surface area contributed by atoms with Gasteiger partial charge in [0.25, 0.3) is 11.8 Å². The summed E-state index contributed by atoms with van der Waals surface area (Å²) in [6.45, 7) is 5.45. The Hall–Kier alpha value is -3.27. The van der Waals surface area contributed by atoms with Crippen LogP contribution in [0.3, 0.4) is 0 Å². The molecule has 1 aliphatic heterocycles. The van der Waals surface area contributed by atoms with E-state index in [-0.39, 0.29) is 17.3 Å². The lowest BCUT2D eigenvalue weighted by Crippen LogP contribution is -2.37. The highest BCUT2D eigenvalue weighted by molar-refractivity contribution is 6.10. The predicted molar refractivity (Wildman–Crippen MR) is 120 cm³/mol. The van der Waals surface area contributed by atoms with Gasteiger partial charge in [0.1, 0.15) is 11.6 Å². The number of carbonyl (C=O) groups excluding carboxylic acids is 1. The number of aryl methyl sites for hydroxylation is 1. The van der Waals surface area contributed by atoms with Crippen molar-refractivity contribution in [2.24, 2.45) is 0 Å². The average molecular weight is 476 g/mol. The van der Waals surface area contributed by atoms with Crippen molar-refractivity contribution in [3.8, 4) is 0 Å². The highest BCUT2D eigenvalue weighted by atomic mass is 19.3. The largest absolute Gasteiger partial charge is 0.364 e. The maximum absolute atomic E-state index is 14.9. The van der Waals surface area contributed by atoms with E-state index in [0.717, 1.165) is 6.07 Å². The minimum Gasteiger partial charge on any atom is -0.364 e. The number of fused-ring (bicyclic) bond motifs is 2. The van der Waals surface area contributed by atoms with E-state index in [9.17, 15) is 22.4 Å². The summed E-state index contributed by atoms with van der Waals surface area (Å²) in [5.41, 5.74) is -0.603. The molecule has 34 heavy (non-hydrogen) atoms. The first-order valence-electron chi connectivity index (χ1n) is 10.6. The normalized spacial score (nSPS) is 19.0. The molecular formula is C24H24F4N4O2. The first-order valence-corrected chi connectivity index (χ1v) is 10.6. The van der Waals surface area contributed by atoms with Crippen LogP contribution in [0.4, 0.5) is 29.1 Å². The summed E-state index contributed by atoms with van der Waals surface area (Å²) in [4.78, 5) is 14.3. The number of alkyl halides is 2. The van der Waals surface area contributed by atoms with Crippen molar-refractivity contribution in [3.05, 3.63) is 58.3 Å². The third-order valence-corrected chi connectivity index (χ3v) is 6.44. The highest BCUT2D eigenvalue weighted by Gasteiger charge is 2.47. The van der Waals surface area contributed by atoms with Crippen LogP contribution < -0.4 is 10.2 Å². The van der Waals surface area contributed by atoms with E-state index in [0.29, 0.717) is 40.7 Å². The van der Waals surface area contributed by atoms with E-state index in [2.05, 4.69) is 15.5 Å². The second-order valence-electron chi connectivity index (χ2n) is 8.76. The van der Waals surface area contributed by atoms with Gasteiger partial charge in [-0.1, -0.05) is 0 Å². The van der Waals surface area contributed by atoms with E-state index in [1.54, 1.807) is 33.0 Å². The van der Waals surface area contributed by atoms with Gasteiger partial charge in [0.15, 0.2) is 11.4 Å². The summed E-state index contributed by atoms with van der Waals surface area (Å²) in [6.07, 6.45) is 0. The van der Waals surface area contributed by atoms with Gasteiger partial charge < -0.3 is 15.0 Å². The summed E-state index contributed by atoms with van der Waals surface area (Å²) in [5.74, 6) is -5.73.